The number of piperazine rings is 1. The van der Waals surface area contributed by atoms with E-state index in [1.165, 1.54) is 26.6 Å². The SMILES string of the molecule is C=C(COc1ccc2nc3c(cc2c1CO)Cn1c-3cc2c(c1=O)COC(=O)C2O)C(=O)N1CCN(c2nc(OCC3CCCN3C)nc3c2CCN(c2cccc4cccc(C)c24)C3)CC1CC#N. The second-order valence-electron chi connectivity index (χ2n) is 18.9. The van der Waals surface area contributed by atoms with Crippen LogP contribution in [0.2, 0.25) is 0 Å². The molecule has 0 aliphatic carbocycles. The summed E-state index contributed by atoms with van der Waals surface area (Å²) in [6, 6.07) is 22.1. The van der Waals surface area contributed by atoms with Crippen LogP contribution in [-0.4, -0.2) is 116 Å². The zero-order valence-electron chi connectivity index (χ0n) is 39.2. The number of hydrogen-bond donors (Lipinski definition) is 2. The highest BCUT2D eigenvalue weighted by Crippen LogP contribution is 2.39. The number of ether oxygens (including phenoxy) is 3. The predicted molar refractivity (Wildman–Crippen MR) is 260 cm³/mol. The van der Waals surface area contributed by atoms with Gasteiger partial charge in [0.15, 0.2) is 6.10 Å². The van der Waals surface area contributed by atoms with Crippen molar-refractivity contribution in [1.82, 2.24) is 29.3 Å². The van der Waals surface area contributed by atoms with Crippen LogP contribution in [0.15, 0.2) is 77.6 Å². The first-order chi connectivity index (χ1) is 34.0. The first kappa shape index (κ1) is 45.1. The lowest BCUT2D eigenvalue weighted by atomic mass is 9.99. The van der Waals surface area contributed by atoms with Crippen molar-refractivity contribution in [3.8, 4) is 29.2 Å². The largest absolute Gasteiger partial charge is 0.488 e. The second-order valence-corrected chi connectivity index (χ2v) is 18.9. The normalized spacial score (nSPS) is 19.6. The zero-order valence-corrected chi connectivity index (χ0v) is 39.2. The zero-order chi connectivity index (χ0) is 48.4. The molecule has 2 fully saturated rings. The Kier molecular flexibility index (Phi) is 11.7. The fourth-order valence-corrected chi connectivity index (χ4v) is 11.0. The van der Waals surface area contributed by atoms with Crippen LogP contribution < -0.4 is 24.8 Å². The molecule has 6 aromatic rings. The van der Waals surface area contributed by atoms with E-state index in [-0.39, 0.29) is 60.4 Å². The lowest BCUT2D eigenvalue weighted by Gasteiger charge is -2.42. The smallest absolute Gasteiger partial charge is 0.340 e. The van der Waals surface area contributed by atoms with E-state index in [1.807, 2.05) is 6.07 Å². The Bertz CT molecular complexity index is 3250. The molecule has 0 bridgehead atoms. The highest BCUT2D eigenvalue weighted by atomic mass is 16.5. The number of rotatable bonds is 11. The summed E-state index contributed by atoms with van der Waals surface area (Å²) in [6.07, 6.45) is 1.41. The van der Waals surface area contributed by atoms with Crippen LogP contribution in [0.1, 0.15) is 64.4 Å². The molecule has 0 radical (unpaired) electrons. The summed E-state index contributed by atoms with van der Waals surface area (Å²) in [5.41, 5.74) is 7.28. The third-order valence-corrected chi connectivity index (χ3v) is 14.8. The van der Waals surface area contributed by atoms with Gasteiger partial charge < -0.3 is 48.6 Å². The number of pyridine rings is 2. The van der Waals surface area contributed by atoms with Crippen LogP contribution in [0.4, 0.5) is 11.5 Å². The maximum Gasteiger partial charge on any atom is 0.340 e. The Morgan fingerprint density at radius 3 is 2.61 bits per heavy atom. The lowest BCUT2D eigenvalue weighted by molar-refractivity contribution is -0.157. The van der Waals surface area contributed by atoms with Gasteiger partial charge in [0.1, 0.15) is 31.4 Å². The summed E-state index contributed by atoms with van der Waals surface area (Å²) >= 11 is 0. The molecular weight excluding hydrogens is 891 g/mol. The summed E-state index contributed by atoms with van der Waals surface area (Å²) in [6.45, 7) is 9.68. The molecule has 2 saturated heterocycles. The number of anilines is 2. The molecule has 17 nitrogen and oxygen atoms in total. The first-order valence-corrected chi connectivity index (χ1v) is 23.9. The molecule has 3 aromatic carbocycles. The Hall–Kier alpha value is -7.39. The van der Waals surface area contributed by atoms with Gasteiger partial charge in [0.25, 0.3) is 11.5 Å². The molecule has 70 heavy (non-hydrogen) atoms. The summed E-state index contributed by atoms with van der Waals surface area (Å²) in [5, 5.41) is 34.3. The fraction of sp³-hybridized carbons (Fsp3) is 0.377. The van der Waals surface area contributed by atoms with Gasteiger partial charge in [0.2, 0.25) is 0 Å². The molecule has 1 amide bonds. The summed E-state index contributed by atoms with van der Waals surface area (Å²) in [5.74, 6) is -0.0234. The van der Waals surface area contributed by atoms with Gasteiger partial charge in [0.05, 0.1) is 66.4 Å². The average Bonchev–Trinajstić information content (AvgIpc) is 3.96. The van der Waals surface area contributed by atoms with E-state index in [4.69, 9.17) is 29.2 Å². The van der Waals surface area contributed by atoms with Gasteiger partial charge in [-0.3, -0.25) is 9.59 Å². The Morgan fingerprint density at radius 2 is 1.81 bits per heavy atom. The number of aryl methyl sites for hydroxylation is 1. The van der Waals surface area contributed by atoms with E-state index in [9.17, 15) is 29.9 Å². The number of esters is 1. The molecule has 5 aliphatic heterocycles. The highest BCUT2D eigenvalue weighted by Gasteiger charge is 2.37. The van der Waals surface area contributed by atoms with Gasteiger partial charge in [0, 0.05) is 76.5 Å². The van der Waals surface area contributed by atoms with Crippen LogP contribution in [0.5, 0.6) is 11.8 Å². The number of amides is 1. The number of hydrogen-bond acceptors (Lipinski definition) is 15. The van der Waals surface area contributed by atoms with E-state index in [0.717, 1.165) is 43.0 Å². The number of benzene rings is 3. The molecule has 11 rings (SSSR count). The molecule has 3 aromatic heterocycles. The number of nitrogens with zero attached hydrogens (tertiary/aromatic N) is 9. The maximum atomic E-state index is 14.3. The van der Waals surface area contributed by atoms with Crippen molar-refractivity contribution in [3.63, 3.8) is 0 Å². The molecule has 3 unspecified atom stereocenters. The number of carbonyl (C=O) groups excluding carboxylic acids is 2. The third-order valence-electron chi connectivity index (χ3n) is 14.8. The highest BCUT2D eigenvalue weighted by molar-refractivity contribution is 5.97. The van der Waals surface area contributed by atoms with E-state index in [2.05, 4.69) is 77.7 Å². The van der Waals surface area contributed by atoms with Crippen molar-refractivity contribution in [3.05, 3.63) is 122 Å². The van der Waals surface area contributed by atoms with Gasteiger partial charge >= 0.3 is 12.0 Å². The lowest BCUT2D eigenvalue weighted by Crippen LogP contribution is -2.56. The Balaban J connectivity index is 0.814. The second kappa shape index (κ2) is 18.2. The van der Waals surface area contributed by atoms with Crippen LogP contribution in [0, 0.1) is 18.3 Å². The predicted octanol–water partition coefficient (Wildman–Crippen LogP) is 4.86. The minimum atomic E-state index is -1.56. The summed E-state index contributed by atoms with van der Waals surface area (Å²) in [7, 11) is 2.12. The molecule has 3 atom stereocenters. The monoisotopic (exact) mass is 943 g/mol. The average molecular weight is 944 g/mol. The van der Waals surface area contributed by atoms with Crippen LogP contribution >= 0.6 is 0 Å². The number of nitriles is 1. The van der Waals surface area contributed by atoms with Crippen molar-refractivity contribution in [2.45, 2.75) is 77.1 Å². The van der Waals surface area contributed by atoms with Crippen LogP contribution in [0.25, 0.3) is 33.1 Å². The van der Waals surface area contributed by atoms with Gasteiger partial charge in [-0.15, -0.1) is 0 Å². The quantitative estimate of drug-likeness (QED) is 0.132. The molecule has 17 heteroatoms. The van der Waals surface area contributed by atoms with Crippen molar-refractivity contribution >= 4 is 45.1 Å². The van der Waals surface area contributed by atoms with E-state index in [1.54, 1.807) is 23.1 Å². The summed E-state index contributed by atoms with van der Waals surface area (Å²) in [4.78, 5) is 63.4. The maximum absolute atomic E-state index is 14.3. The summed E-state index contributed by atoms with van der Waals surface area (Å²) < 4.78 is 19.2. The van der Waals surface area contributed by atoms with Crippen molar-refractivity contribution in [1.29, 1.82) is 5.26 Å². The number of aliphatic hydroxyl groups excluding tert-OH is 2. The van der Waals surface area contributed by atoms with Crippen molar-refractivity contribution in [2.24, 2.45) is 0 Å². The molecule has 5 aliphatic rings. The van der Waals surface area contributed by atoms with Gasteiger partial charge in [-0.1, -0.05) is 36.9 Å². The van der Waals surface area contributed by atoms with E-state index < -0.39 is 24.7 Å². The number of likely N-dealkylation sites (tertiary alicyclic amines) is 1. The van der Waals surface area contributed by atoms with Gasteiger partial charge in [-0.25, -0.2) is 9.78 Å². The van der Waals surface area contributed by atoms with Crippen LogP contribution in [-0.2, 0) is 47.1 Å². The number of fused-ring (bicyclic) bond motifs is 7. The van der Waals surface area contributed by atoms with Crippen molar-refractivity contribution in [2.75, 3.05) is 62.8 Å². The van der Waals surface area contributed by atoms with E-state index >= 15 is 0 Å². The molecule has 8 heterocycles. The van der Waals surface area contributed by atoms with Crippen molar-refractivity contribution < 1.29 is 34.0 Å². The number of cyclic esters (lactones) is 1. The van der Waals surface area contributed by atoms with E-state index in [0.29, 0.717) is 84.4 Å². The number of aromatic nitrogens is 4. The molecule has 0 spiro atoms. The third kappa shape index (κ3) is 7.85. The molecule has 2 N–H and O–H groups in total. The number of likely N-dealkylation sites (N-methyl/N-ethyl adjacent to an activating group) is 1. The van der Waals surface area contributed by atoms with Gasteiger partial charge in [-0.2, -0.15) is 15.2 Å². The number of aliphatic hydroxyl groups is 2. The topological polar surface area (TPSA) is 200 Å². The first-order valence-electron chi connectivity index (χ1n) is 23.9. The van der Waals surface area contributed by atoms with Gasteiger partial charge in [-0.05, 0) is 81.1 Å². The van der Waals surface area contributed by atoms with Crippen LogP contribution in [0.3, 0.4) is 0 Å². The standard InChI is InChI=1S/C53H53N9O8/c1-30-7-4-8-32-9-5-11-43(46(30)32)59-18-15-36-42(25-59)56-53(70-28-35-10-6-17-58(35)3)57-49(36)60-19-20-61(34(24-60)14-16-54)50(65)31(2)27-68-45-13-12-41-37(39(45)26-63)21-33-23-62-44(47(33)55-41)22-38-40(51(62)66)29-69-52(67)48(38)64/h4-5,7-9,11-13,21-22,34-35,48,63-64H,2,6,10,14-15,17-20,23-29H2,1,3H3. The fourth-order valence-electron chi connectivity index (χ4n) is 11.0. The molecule has 0 saturated carbocycles. The number of carbonyl (C=O) groups is 2. The Morgan fingerprint density at radius 1 is 0.971 bits per heavy atom. The Labute approximate surface area is 403 Å². The minimum Gasteiger partial charge on any atom is -0.488 e. The molecular formula is C53H53N9O8. The molecule has 358 valence electrons. The minimum absolute atomic E-state index is 0.0942.